The van der Waals surface area contributed by atoms with Gasteiger partial charge in [0, 0.05) is 38.1 Å². The van der Waals surface area contributed by atoms with E-state index in [1.807, 2.05) is 66.7 Å². The van der Waals surface area contributed by atoms with Gasteiger partial charge in [0.05, 0.1) is 19.6 Å². The van der Waals surface area contributed by atoms with Crippen molar-refractivity contribution in [2.24, 2.45) is 5.92 Å². The molecule has 6 nitrogen and oxygen atoms in total. The van der Waals surface area contributed by atoms with E-state index in [0.717, 1.165) is 56.3 Å². The molecular weight excluding hydrogens is 488 g/mol. The number of carbonyl (C=O) groups is 2. The van der Waals surface area contributed by atoms with Gasteiger partial charge in [-0.15, -0.1) is 0 Å². The van der Waals surface area contributed by atoms with Crippen LogP contribution in [0.15, 0.2) is 91.0 Å². The Labute approximate surface area is 231 Å². The molecule has 1 amide bonds. The second-order valence-electron chi connectivity index (χ2n) is 11.1. The summed E-state index contributed by atoms with van der Waals surface area (Å²) >= 11 is 0. The second-order valence-corrected chi connectivity index (χ2v) is 11.1. The number of amides is 1. The number of piperidine rings is 3. The highest BCUT2D eigenvalue weighted by molar-refractivity contribution is 5.85. The third-order valence-corrected chi connectivity index (χ3v) is 8.59. The van der Waals surface area contributed by atoms with Crippen LogP contribution in [0.5, 0.6) is 0 Å². The Bertz CT molecular complexity index is 1180. The molecule has 39 heavy (non-hydrogen) atoms. The van der Waals surface area contributed by atoms with Crippen LogP contribution in [0.4, 0.5) is 0 Å². The number of aryl methyl sites for hydroxylation is 1. The fourth-order valence-electron chi connectivity index (χ4n) is 6.29. The van der Waals surface area contributed by atoms with E-state index in [4.69, 9.17) is 4.74 Å². The molecule has 3 fully saturated rings. The van der Waals surface area contributed by atoms with Crippen LogP contribution in [0.3, 0.4) is 0 Å². The monoisotopic (exact) mass is 527 g/mol. The van der Waals surface area contributed by atoms with Crippen LogP contribution in [0.2, 0.25) is 0 Å². The molecule has 0 saturated carbocycles. The second kappa shape index (κ2) is 12.1. The molecule has 3 aliphatic rings. The minimum atomic E-state index is -1.86. The molecule has 2 N–H and O–H groups in total. The van der Waals surface area contributed by atoms with E-state index in [9.17, 15) is 14.7 Å². The summed E-state index contributed by atoms with van der Waals surface area (Å²) < 4.78 is 7.07. The van der Waals surface area contributed by atoms with Crippen LogP contribution < -0.4 is 5.32 Å². The highest BCUT2D eigenvalue weighted by atomic mass is 16.6. The van der Waals surface area contributed by atoms with E-state index in [0.29, 0.717) is 30.0 Å². The number of ether oxygens (including phenoxy) is 1. The Morgan fingerprint density at radius 1 is 0.872 bits per heavy atom. The third-order valence-electron chi connectivity index (χ3n) is 8.59. The zero-order valence-corrected chi connectivity index (χ0v) is 22.5. The lowest BCUT2D eigenvalue weighted by molar-refractivity contribution is -0.946. The molecule has 0 spiro atoms. The maximum absolute atomic E-state index is 13.7. The van der Waals surface area contributed by atoms with Crippen molar-refractivity contribution in [2.45, 2.75) is 43.8 Å². The molecule has 0 aromatic heterocycles. The number of benzene rings is 3. The first-order valence-corrected chi connectivity index (χ1v) is 14.2. The van der Waals surface area contributed by atoms with Crippen molar-refractivity contribution in [1.82, 2.24) is 5.32 Å². The molecule has 3 heterocycles. The van der Waals surface area contributed by atoms with Crippen LogP contribution in [0.25, 0.3) is 0 Å². The number of carbonyl (C=O) groups excluding carboxylic acids is 2. The number of esters is 1. The zero-order valence-electron chi connectivity index (χ0n) is 22.5. The van der Waals surface area contributed by atoms with Gasteiger partial charge in [-0.05, 0) is 23.1 Å². The number of hydrogen-bond donors (Lipinski definition) is 2. The van der Waals surface area contributed by atoms with Gasteiger partial charge in [-0.3, -0.25) is 4.79 Å². The van der Waals surface area contributed by atoms with Crippen molar-refractivity contribution in [2.75, 3.05) is 32.7 Å². The molecular formula is C33H39N2O4+. The minimum Gasteiger partial charge on any atom is -0.453 e. The molecule has 3 aliphatic heterocycles. The Morgan fingerprint density at radius 2 is 1.44 bits per heavy atom. The summed E-state index contributed by atoms with van der Waals surface area (Å²) in [6, 6.07) is 28.2. The van der Waals surface area contributed by atoms with Gasteiger partial charge in [0.2, 0.25) is 11.5 Å². The van der Waals surface area contributed by atoms with Crippen LogP contribution in [0, 0.1) is 5.92 Å². The van der Waals surface area contributed by atoms with Crippen LogP contribution in [-0.2, 0) is 26.3 Å². The van der Waals surface area contributed by atoms with Crippen molar-refractivity contribution in [1.29, 1.82) is 0 Å². The number of fused-ring (bicyclic) bond motifs is 3. The maximum Gasteiger partial charge on any atom is 0.348 e. The van der Waals surface area contributed by atoms with Crippen molar-refractivity contribution in [3.63, 3.8) is 0 Å². The first kappa shape index (κ1) is 27.1. The van der Waals surface area contributed by atoms with E-state index < -0.39 is 11.6 Å². The van der Waals surface area contributed by atoms with Crippen LogP contribution >= 0.6 is 0 Å². The molecule has 2 bridgehead atoms. The maximum atomic E-state index is 13.7. The van der Waals surface area contributed by atoms with Gasteiger partial charge in [-0.2, -0.15) is 0 Å². The first-order chi connectivity index (χ1) is 19.0. The number of rotatable bonds is 11. The van der Waals surface area contributed by atoms with E-state index in [-0.39, 0.29) is 12.0 Å². The highest BCUT2D eigenvalue weighted by Crippen LogP contribution is 2.38. The summed E-state index contributed by atoms with van der Waals surface area (Å²) in [7, 11) is 0. The topological polar surface area (TPSA) is 75.6 Å². The molecule has 0 aliphatic carbocycles. The lowest BCUT2D eigenvalue weighted by Crippen LogP contribution is -2.65. The lowest BCUT2D eigenvalue weighted by atomic mass is 9.82. The molecule has 1 atom stereocenters. The standard InChI is InChI=1S/C33H38N2O4/c36-31(18-17-26-11-4-1-5-12-26)34-21-10-22-35-23-19-27(20-24-35)30(25-35)39-32(37)33(38,28-13-6-2-7-14-28)29-15-8-3-9-16-29/h1-9,11-16,27,30,38H,10,17-25H2/p+1/t27?,30-,35?/m0/s1. The average molecular weight is 528 g/mol. The number of nitrogens with zero attached hydrogens (tertiary/aromatic N) is 1. The molecule has 3 aromatic rings. The van der Waals surface area contributed by atoms with Crippen LogP contribution in [-0.4, -0.2) is 60.3 Å². The molecule has 6 heteroatoms. The molecule has 204 valence electrons. The molecule has 6 rings (SSSR count). The number of nitrogens with one attached hydrogen (secondary N) is 1. The molecule has 0 radical (unpaired) electrons. The summed E-state index contributed by atoms with van der Waals surface area (Å²) in [6.07, 6.45) is 3.93. The van der Waals surface area contributed by atoms with E-state index in [1.165, 1.54) is 5.56 Å². The fraction of sp³-hybridized carbons (Fsp3) is 0.394. The minimum absolute atomic E-state index is 0.0871. The first-order valence-electron chi connectivity index (χ1n) is 14.2. The Hall–Kier alpha value is -3.48. The van der Waals surface area contributed by atoms with Gasteiger partial charge in [0.1, 0.15) is 6.54 Å². The number of hydrogen-bond acceptors (Lipinski definition) is 4. The summed E-state index contributed by atoms with van der Waals surface area (Å²) in [5.74, 6) is -0.200. The predicted octanol–water partition coefficient (Wildman–Crippen LogP) is 4.21. The number of aliphatic hydroxyl groups is 1. The smallest absolute Gasteiger partial charge is 0.348 e. The zero-order chi connectivity index (χ0) is 27.1. The Morgan fingerprint density at radius 3 is 2.03 bits per heavy atom. The molecule has 3 aromatic carbocycles. The molecule has 3 saturated heterocycles. The predicted molar refractivity (Wildman–Crippen MR) is 151 cm³/mol. The summed E-state index contributed by atoms with van der Waals surface area (Å²) in [6.45, 7) is 4.51. The van der Waals surface area contributed by atoms with E-state index in [1.54, 1.807) is 24.3 Å². The van der Waals surface area contributed by atoms with Gasteiger partial charge < -0.3 is 19.6 Å². The van der Waals surface area contributed by atoms with Crippen molar-refractivity contribution in [3.8, 4) is 0 Å². The van der Waals surface area contributed by atoms with E-state index in [2.05, 4.69) is 5.32 Å². The fourth-order valence-corrected chi connectivity index (χ4v) is 6.29. The molecule has 0 unspecified atom stereocenters. The van der Waals surface area contributed by atoms with Crippen molar-refractivity contribution < 1.29 is 23.9 Å². The SMILES string of the molecule is O=C(CCc1ccccc1)NCCC[N+]12CCC(CC1)[C@@H](OC(=O)C(O)(c1ccccc1)c1ccccc1)C2. The summed E-state index contributed by atoms with van der Waals surface area (Å²) in [4.78, 5) is 26.0. The highest BCUT2D eigenvalue weighted by Gasteiger charge is 2.50. The van der Waals surface area contributed by atoms with Crippen molar-refractivity contribution in [3.05, 3.63) is 108 Å². The largest absolute Gasteiger partial charge is 0.453 e. The Kier molecular flexibility index (Phi) is 8.44. The van der Waals surface area contributed by atoms with Gasteiger partial charge in [-0.1, -0.05) is 91.0 Å². The van der Waals surface area contributed by atoms with E-state index >= 15 is 0 Å². The average Bonchev–Trinajstić information content (AvgIpc) is 3.00. The van der Waals surface area contributed by atoms with Crippen molar-refractivity contribution >= 4 is 11.9 Å². The number of quaternary nitrogens is 1. The summed E-state index contributed by atoms with van der Waals surface area (Å²) in [5, 5.41) is 14.9. The van der Waals surface area contributed by atoms with Gasteiger partial charge in [-0.25, -0.2) is 4.79 Å². The Balaban J connectivity index is 1.17. The summed E-state index contributed by atoms with van der Waals surface area (Å²) in [5.41, 5.74) is 0.335. The third kappa shape index (κ3) is 6.23. The van der Waals surface area contributed by atoms with Gasteiger partial charge in [0.25, 0.3) is 0 Å². The quantitative estimate of drug-likeness (QED) is 0.223. The van der Waals surface area contributed by atoms with Gasteiger partial charge in [0.15, 0.2) is 6.10 Å². The normalized spacial score (nSPS) is 22.3. The van der Waals surface area contributed by atoms with Gasteiger partial charge >= 0.3 is 5.97 Å². The lowest BCUT2D eigenvalue weighted by Gasteiger charge is -2.52. The van der Waals surface area contributed by atoms with Crippen LogP contribution in [0.1, 0.15) is 42.4 Å².